The second-order valence-corrected chi connectivity index (χ2v) is 6.96. The first-order chi connectivity index (χ1) is 10.0. The summed E-state index contributed by atoms with van der Waals surface area (Å²) in [6, 6.07) is 1.67. The molecule has 0 aliphatic rings. The monoisotopic (exact) mass is 347 g/mol. The van der Waals surface area contributed by atoms with E-state index in [0.717, 1.165) is 6.07 Å². The number of carbonyl (C=O) groups excluding carboxylic acids is 2. The molecule has 0 aliphatic heterocycles. The molecule has 8 heteroatoms. The lowest BCUT2D eigenvalue weighted by atomic mass is 9.99. The summed E-state index contributed by atoms with van der Waals surface area (Å²) < 4.78 is 31.4. The van der Waals surface area contributed by atoms with Crippen molar-refractivity contribution in [3.63, 3.8) is 0 Å². The van der Waals surface area contributed by atoms with Gasteiger partial charge in [-0.3, -0.25) is 14.1 Å². The number of hydrogen-bond donors (Lipinski definition) is 2. The van der Waals surface area contributed by atoms with Crippen LogP contribution >= 0.6 is 11.6 Å². The summed E-state index contributed by atoms with van der Waals surface area (Å²) in [7, 11) is -4.40. The van der Waals surface area contributed by atoms with Crippen molar-refractivity contribution in [2.45, 2.75) is 44.0 Å². The predicted octanol–water partition coefficient (Wildman–Crippen LogP) is 1.70. The van der Waals surface area contributed by atoms with E-state index < -0.39 is 16.2 Å². The first kappa shape index (κ1) is 18.8. The molecule has 0 saturated heterocycles. The first-order valence-electron chi connectivity index (χ1n) is 6.56. The molecular formula is C14H18ClNO5S. The van der Waals surface area contributed by atoms with Crippen LogP contribution in [0.3, 0.4) is 0 Å². The third-order valence-electron chi connectivity index (χ3n) is 3.37. The maximum atomic E-state index is 11.9. The Morgan fingerprint density at radius 1 is 1.36 bits per heavy atom. The van der Waals surface area contributed by atoms with Crippen LogP contribution in [0.25, 0.3) is 0 Å². The Balaban J connectivity index is 2.91. The molecule has 1 aromatic carbocycles. The Bertz CT molecular complexity index is 699. The molecule has 0 bridgehead atoms. The van der Waals surface area contributed by atoms with Gasteiger partial charge < -0.3 is 5.73 Å². The normalized spacial score (nSPS) is 13.0. The van der Waals surface area contributed by atoms with Crippen LogP contribution in [0.15, 0.2) is 17.0 Å². The number of hydrogen-bond acceptors (Lipinski definition) is 5. The summed E-state index contributed by atoms with van der Waals surface area (Å²) in [5.74, 6) is -0.385. The van der Waals surface area contributed by atoms with E-state index in [1.54, 1.807) is 6.92 Å². The Hall–Kier alpha value is -1.28. The number of rotatable bonds is 7. The minimum Gasteiger partial charge on any atom is -0.322 e. The smallest absolute Gasteiger partial charge is 0.294 e. The van der Waals surface area contributed by atoms with E-state index in [-0.39, 0.29) is 40.7 Å². The summed E-state index contributed by atoms with van der Waals surface area (Å²) in [5, 5.41) is 0.151. The highest BCUT2D eigenvalue weighted by molar-refractivity contribution is 7.85. The predicted molar refractivity (Wildman–Crippen MR) is 82.6 cm³/mol. The molecule has 0 radical (unpaired) electrons. The summed E-state index contributed by atoms with van der Waals surface area (Å²) in [6.45, 7) is 3.01. The van der Waals surface area contributed by atoms with Gasteiger partial charge in [-0.05, 0) is 43.5 Å². The van der Waals surface area contributed by atoms with Gasteiger partial charge in [0, 0.05) is 17.9 Å². The highest BCUT2D eigenvalue weighted by Gasteiger charge is 2.17. The number of benzene rings is 1. The van der Waals surface area contributed by atoms with E-state index in [1.165, 1.54) is 13.0 Å². The molecule has 22 heavy (non-hydrogen) atoms. The van der Waals surface area contributed by atoms with Crippen molar-refractivity contribution in [3.05, 3.63) is 28.3 Å². The van der Waals surface area contributed by atoms with E-state index in [4.69, 9.17) is 21.9 Å². The van der Waals surface area contributed by atoms with Crippen molar-refractivity contribution in [1.29, 1.82) is 0 Å². The third-order valence-corrected chi connectivity index (χ3v) is 4.59. The molecule has 122 valence electrons. The Morgan fingerprint density at radius 2 is 1.95 bits per heavy atom. The fourth-order valence-corrected chi connectivity index (χ4v) is 2.72. The van der Waals surface area contributed by atoms with Crippen molar-refractivity contribution >= 4 is 33.3 Å². The number of carbonyl (C=O) groups is 2. The van der Waals surface area contributed by atoms with Crippen LogP contribution in [0.1, 0.15) is 30.9 Å². The van der Waals surface area contributed by atoms with Crippen LogP contribution in [-0.2, 0) is 26.1 Å². The van der Waals surface area contributed by atoms with Gasteiger partial charge >= 0.3 is 0 Å². The zero-order valence-corrected chi connectivity index (χ0v) is 13.9. The highest BCUT2D eigenvalue weighted by Crippen LogP contribution is 2.25. The molecule has 0 aliphatic carbocycles. The number of Topliss-reactive ketones (excluding diaryl/α,β-unsaturated/α-hetero) is 2. The fraction of sp³-hybridized carbons (Fsp3) is 0.429. The average Bonchev–Trinajstić information content (AvgIpc) is 2.39. The standard InChI is InChI=1S/C14H18ClNO5S/c1-8-10(5-11(18)3-4-14(16)9(2)17)6-12(7-13(8)15)22(19,20)21/h6-7,14H,3-5,16H2,1-2H3,(H,19,20,21)/t14-/m0/s1. The van der Waals surface area contributed by atoms with Gasteiger partial charge in [0.2, 0.25) is 0 Å². The van der Waals surface area contributed by atoms with Crippen molar-refractivity contribution in [3.8, 4) is 0 Å². The Labute approximate surface area is 134 Å². The molecular weight excluding hydrogens is 330 g/mol. The summed E-state index contributed by atoms with van der Waals surface area (Å²) >= 11 is 5.93. The molecule has 0 amide bonds. The SMILES string of the molecule is CC(=O)[C@@H](N)CCC(=O)Cc1cc(S(=O)(=O)O)cc(Cl)c1C. The second-order valence-electron chi connectivity index (χ2n) is 5.14. The van der Waals surface area contributed by atoms with Crippen LogP contribution in [0, 0.1) is 6.92 Å². The van der Waals surface area contributed by atoms with Crippen molar-refractivity contribution < 1.29 is 22.6 Å². The minimum atomic E-state index is -4.40. The minimum absolute atomic E-state index is 0.0421. The lowest BCUT2D eigenvalue weighted by molar-refractivity contribution is -0.119. The molecule has 0 unspecified atom stereocenters. The molecule has 0 aromatic heterocycles. The molecule has 0 spiro atoms. The number of nitrogens with two attached hydrogens (primary N) is 1. The van der Waals surface area contributed by atoms with Gasteiger partial charge in [0.1, 0.15) is 11.6 Å². The zero-order valence-electron chi connectivity index (χ0n) is 12.3. The average molecular weight is 348 g/mol. The van der Waals surface area contributed by atoms with Gasteiger partial charge in [0.05, 0.1) is 10.9 Å². The molecule has 1 rings (SSSR count). The van der Waals surface area contributed by atoms with E-state index in [2.05, 4.69) is 0 Å². The van der Waals surface area contributed by atoms with E-state index in [0.29, 0.717) is 11.1 Å². The van der Waals surface area contributed by atoms with E-state index in [9.17, 15) is 18.0 Å². The van der Waals surface area contributed by atoms with Crippen molar-refractivity contribution in [2.75, 3.05) is 0 Å². The van der Waals surface area contributed by atoms with Crippen LogP contribution in [0.4, 0.5) is 0 Å². The quantitative estimate of drug-likeness (QED) is 0.725. The van der Waals surface area contributed by atoms with Gasteiger partial charge in [-0.1, -0.05) is 11.6 Å². The van der Waals surface area contributed by atoms with Gasteiger partial charge in [-0.2, -0.15) is 8.42 Å². The van der Waals surface area contributed by atoms with Gasteiger partial charge in [0.15, 0.2) is 0 Å². The largest absolute Gasteiger partial charge is 0.322 e. The number of halogens is 1. The number of ketones is 2. The van der Waals surface area contributed by atoms with Gasteiger partial charge in [-0.25, -0.2) is 0 Å². The van der Waals surface area contributed by atoms with Crippen LogP contribution in [0.2, 0.25) is 5.02 Å². The van der Waals surface area contributed by atoms with Crippen LogP contribution in [0.5, 0.6) is 0 Å². The lowest BCUT2D eigenvalue weighted by Crippen LogP contribution is -2.29. The van der Waals surface area contributed by atoms with Crippen LogP contribution in [-0.4, -0.2) is 30.6 Å². The summed E-state index contributed by atoms with van der Waals surface area (Å²) in [6.07, 6.45) is 0.298. The lowest BCUT2D eigenvalue weighted by Gasteiger charge is -2.10. The Morgan fingerprint density at radius 3 is 2.45 bits per heavy atom. The fourth-order valence-electron chi connectivity index (χ4n) is 1.86. The third kappa shape index (κ3) is 5.17. The van der Waals surface area contributed by atoms with E-state index >= 15 is 0 Å². The maximum Gasteiger partial charge on any atom is 0.294 e. The van der Waals surface area contributed by atoms with Crippen molar-refractivity contribution in [1.82, 2.24) is 0 Å². The van der Waals surface area contributed by atoms with Gasteiger partial charge in [0.25, 0.3) is 10.1 Å². The molecule has 1 atom stereocenters. The molecule has 3 N–H and O–H groups in total. The van der Waals surface area contributed by atoms with E-state index in [1.807, 2.05) is 0 Å². The highest BCUT2D eigenvalue weighted by atomic mass is 35.5. The van der Waals surface area contributed by atoms with Gasteiger partial charge in [-0.15, -0.1) is 0 Å². The molecule has 0 heterocycles. The molecule has 6 nitrogen and oxygen atoms in total. The zero-order chi connectivity index (χ0) is 17.1. The molecule has 1 aromatic rings. The van der Waals surface area contributed by atoms with Crippen molar-refractivity contribution in [2.24, 2.45) is 5.73 Å². The summed E-state index contributed by atoms with van der Waals surface area (Å²) in [5.41, 5.74) is 6.54. The molecule has 0 fully saturated rings. The Kier molecular flexibility index (Phi) is 6.25. The summed E-state index contributed by atoms with van der Waals surface area (Å²) in [4.78, 5) is 22.6. The molecule has 0 saturated carbocycles. The maximum absolute atomic E-state index is 11.9. The van der Waals surface area contributed by atoms with Crippen LogP contribution < -0.4 is 5.73 Å². The first-order valence-corrected chi connectivity index (χ1v) is 8.38. The second kappa shape index (κ2) is 7.32. The topological polar surface area (TPSA) is 115 Å².